The zero-order chi connectivity index (χ0) is 21.0. The van der Waals surface area contributed by atoms with Gasteiger partial charge in [0, 0.05) is 37.6 Å². The molecule has 30 heavy (non-hydrogen) atoms. The molecule has 0 radical (unpaired) electrons. The minimum atomic E-state index is -3.71. The van der Waals surface area contributed by atoms with Crippen molar-refractivity contribution in [1.29, 1.82) is 0 Å². The third kappa shape index (κ3) is 4.49. The van der Waals surface area contributed by atoms with Gasteiger partial charge in [0.1, 0.15) is 0 Å². The van der Waals surface area contributed by atoms with Crippen molar-refractivity contribution in [3.8, 4) is 0 Å². The van der Waals surface area contributed by atoms with Crippen LogP contribution >= 0.6 is 0 Å². The minimum Gasteiger partial charge on any atom is -0.379 e. The van der Waals surface area contributed by atoms with Crippen molar-refractivity contribution in [3.63, 3.8) is 0 Å². The Labute approximate surface area is 176 Å². The molecule has 0 bridgehead atoms. The Hall–Kier alpha value is -2.46. The molecule has 0 spiro atoms. The van der Waals surface area contributed by atoms with E-state index in [9.17, 15) is 13.2 Å². The van der Waals surface area contributed by atoms with Crippen molar-refractivity contribution in [2.45, 2.75) is 4.90 Å². The molecule has 0 atom stereocenters. The highest BCUT2D eigenvalue weighted by molar-refractivity contribution is 7.89. The van der Waals surface area contributed by atoms with Crippen LogP contribution in [-0.4, -0.2) is 71.2 Å². The molecule has 8 nitrogen and oxygen atoms in total. The van der Waals surface area contributed by atoms with E-state index in [0.29, 0.717) is 69.5 Å². The Morgan fingerprint density at radius 1 is 0.867 bits per heavy atom. The zero-order valence-electron chi connectivity index (χ0n) is 16.6. The molecule has 2 aromatic carbocycles. The third-order valence-corrected chi connectivity index (χ3v) is 7.10. The molecular formula is C21H25N3O5S. The number of amides is 1. The lowest BCUT2D eigenvalue weighted by Gasteiger charge is -2.31. The Kier molecular flexibility index (Phi) is 6.33. The van der Waals surface area contributed by atoms with E-state index >= 15 is 0 Å². The van der Waals surface area contributed by atoms with Gasteiger partial charge in [-0.1, -0.05) is 18.2 Å². The summed E-state index contributed by atoms with van der Waals surface area (Å²) in [5.41, 5.74) is 1.68. The number of anilines is 2. The molecule has 0 aliphatic carbocycles. The highest BCUT2D eigenvalue weighted by Crippen LogP contribution is 2.28. The fourth-order valence-electron chi connectivity index (χ4n) is 3.59. The number of sulfonamides is 1. The van der Waals surface area contributed by atoms with Gasteiger partial charge in [0.05, 0.1) is 36.9 Å². The van der Waals surface area contributed by atoms with Gasteiger partial charge >= 0.3 is 0 Å². The number of carbonyl (C=O) groups is 1. The Morgan fingerprint density at radius 3 is 2.17 bits per heavy atom. The summed E-state index contributed by atoms with van der Waals surface area (Å²) in [4.78, 5) is 15.3. The standard InChI is InChI=1S/C21H25N3O5S/c25-21(22-17-4-2-1-3-5-17)19-16-18(30(26,27)24-10-14-29-15-11-24)6-7-20(19)23-8-12-28-13-9-23/h1-7,16H,8-15H2,(H,22,25). The van der Waals surface area contributed by atoms with Crippen LogP contribution in [-0.2, 0) is 19.5 Å². The number of para-hydroxylation sites is 1. The lowest BCUT2D eigenvalue weighted by atomic mass is 10.1. The van der Waals surface area contributed by atoms with Crippen LogP contribution in [0, 0.1) is 0 Å². The van der Waals surface area contributed by atoms with Crippen LogP contribution in [0.5, 0.6) is 0 Å². The van der Waals surface area contributed by atoms with Gasteiger partial charge in [-0.05, 0) is 30.3 Å². The van der Waals surface area contributed by atoms with Crippen molar-refractivity contribution in [1.82, 2.24) is 4.31 Å². The molecule has 2 saturated heterocycles. The maximum atomic E-state index is 13.1. The van der Waals surface area contributed by atoms with Crippen molar-refractivity contribution >= 4 is 27.3 Å². The van der Waals surface area contributed by atoms with Crippen molar-refractivity contribution in [2.24, 2.45) is 0 Å². The highest BCUT2D eigenvalue weighted by Gasteiger charge is 2.29. The largest absolute Gasteiger partial charge is 0.379 e. The monoisotopic (exact) mass is 431 g/mol. The van der Waals surface area contributed by atoms with E-state index in [0.717, 1.165) is 0 Å². The van der Waals surface area contributed by atoms with Gasteiger partial charge in [0.15, 0.2) is 0 Å². The molecule has 2 aromatic rings. The number of rotatable bonds is 5. The summed E-state index contributed by atoms with van der Waals surface area (Å²) in [5, 5.41) is 2.87. The molecule has 2 heterocycles. The van der Waals surface area contributed by atoms with Crippen LogP contribution in [0.15, 0.2) is 53.4 Å². The van der Waals surface area contributed by atoms with Crippen LogP contribution in [0.25, 0.3) is 0 Å². The van der Waals surface area contributed by atoms with Gasteiger partial charge in [0.2, 0.25) is 10.0 Å². The molecule has 0 unspecified atom stereocenters. The molecule has 1 amide bonds. The average Bonchev–Trinajstić information content (AvgIpc) is 2.80. The number of benzene rings is 2. The Morgan fingerprint density at radius 2 is 1.50 bits per heavy atom. The SMILES string of the molecule is O=C(Nc1ccccc1)c1cc(S(=O)(=O)N2CCOCC2)ccc1N1CCOCC1. The second-order valence-corrected chi connectivity index (χ2v) is 9.05. The fourth-order valence-corrected chi connectivity index (χ4v) is 5.03. The number of morpholine rings is 2. The summed E-state index contributed by atoms with van der Waals surface area (Å²) >= 11 is 0. The first-order valence-corrected chi connectivity index (χ1v) is 11.4. The molecule has 9 heteroatoms. The van der Waals surface area contributed by atoms with Gasteiger partial charge in [-0.3, -0.25) is 4.79 Å². The van der Waals surface area contributed by atoms with E-state index in [1.807, 2.05) is 18.2 Å². The van der Waals surface area contributed by atoms with E-state index in [2.05, 4.69) is 10.2 Å². The number of hydrogen-bond donors (Lipinski definition) is 1. The lowest BCUT2D eigenvalue weighted by molar-refractivity contribution is 0.0730. The summed E-state index contributed by atoms with van der Waals surface area (Å²) in [6.07, 6.45) is 0. The third-order valence-electron chi connectivity index (χ3n) is 5.20. The van der Waals surface area contributed by atoms with E-state index < -0.39 is 10.0 Å². The molecule has 2 aliphatic heterocycles. The number of hydrogen-bond acceptors (Lipinski definition) is 6. The second-order valence-electron chi connectivity index (χ2n) is 7.11. The topological polar surface area (TPSA) is 88.2 Å². The molecule has 2 aliphatic rings. The first-order valence-electron chi connectivity index (χ1n) is 9.97. The second kappa shape index (κ2) is 9.13. The quantitative estimate of drug-likeness (QED) is 0.777. The maximum Gasteiger partial charge on any atom is 0.257 e. The lowest BCUT2D eigenvalue weighted by Crippen LogP contribution is -2.41. The predicted molar refractivity (Wildman–Crippen MR) is 113 cm³/mol. The number of ether oxygens (including phenoxy) is 2. The summed E-state index contributed by atoms with van der Waals surface area (Å²) < 4.78 is 38.3. The normalized spacial score (nSPS) is 18.2. The van der Waals surface area contributed by atoms with Crippen LogP contribution in [0.4, 0.5) is 11.4 Å². The van der Waals surface area contributed by atoms with Gasteiger partial charge < -0.3 is 19.7 Å². The first kappa shape index (κ1) is 20.8. The van der Waals surface area contributed by atoms with Gasteiger partial charge in [-0.25, -0.2) is 8.42 Å². The average molecular weight is 432 g/mol. The van der Waals surface area contributed by atoms with E-state index in [4.69, 9.17) is 9.47 Å². The zero-order valence-corrected chi connectivity index (χ0v) is 17.4. The van der Waals surface area contributed by atoms with Crippen molar-refractivity contribution < 1.29 is 22.7 Å². The van der Waals surface area contributed by atoms with E-state index in [-0.39, 0.29) is 10.8 Å². The molecule has 1 N–H and O–H groups in total. The van der Waals surface area contributed by atoms with E-state index in [1.165, 1.54) is 10.4 Å². The number of nitrogens with zero attached hydrogens (tertiary/aromatic N) is 2. The van der Waals surface area contributed by atoms with Gasteiger partial charge in [0.25, 0.3) is 5.91 Å². The fraction of sp³-hybridized carbons (Fsp3) is 0.381. The summed E-state index contributed by atoms with van der Waals surface area (Å²) in [5.74, 6) is -0.346. The Balaban J connectivity index is 1.70. The van der Waals surface area contributed by atoms with Gasteiger partial charge in [-0.2, -0.15) is 4.31 Å². The maximum absolute atomic E-state index is 13.1. The van der Waals surface area contributed by atoms with Crippen LogP contribution in [0.3, 0.4) is 0 Å². The molecule has 0 saturated carbocycles. The van der Waals surface area contributed by atoms with Gasteiger partial charge in [-0.15, -0.1) is 0 Å². The minimum absolute atomic E-state index is 0.111. The molecule has 4 rings (SSSR count). The summed E-state index contributed by atoms with van der Waals surface area (Å²) in [6.45, 7) is 3.75. The highest BCUT2D eigenvalue weighted by atomic mass is 32.2. The molecular weight excluding hydrogens is 406 g/mol. The predicted octanol–water partition coefficient (Wildman–Crippen LogP) is 1.80. The van der Waals surface area contributed by atoms with Crippen molar-refractivity contribution in [3.05, 3.63) is 54.1 Å². The van der Waals surface area contributed by atoms with E-state index in [1.54, 1.807) is 24.3 Å². The van der Waals surface area contributed by atoms with Crippen LogP contribution in [0.1, 0.15) is 10.4 Å². The summed E-state index contributed by atoms with van der Waals surface area (Å²) in [6, 6.07) is 13.9. The molecule has 2 fully saturated rings. The number of nitrogens with one attached hydrogen (secondary N) is 1. The smallest absolute Gasteiger partial charge is 0.257 e. The number of carbonyl (C=O) groups excluding carboxylic acids is 1. The van der Waals surface area contributed by atoms with Crippen LogP contribution < -0.4 is 10.2 Å². The Bertz CT molecular complexity index is 985. The van der Waals surface area contributed by atoms with Crippen LogP contribution in [0.2, 0.25) is 0 Å². The molecule has 160 valence electrons. The van der Waals surface area contributed by atoms with Crippen molar-refractivity contribution in [2.75, 3.05) is 62.8 Å². The summed E-state index contributed by atoms with van der Waals surface area (Å²) in [7, 11) is -3.71. The first-order chi connectivity index (χ1) is 14.6. The molecule has 0 aromatic heterocycles.